The smallest absolute Gasteiger partial charge is 0.313 e. The van der Waals surface area contributed by atoms with Gasteiger partial charge in [0.2, 0.25) is 0 Å². The molecule has 8 heteroatoms. The van der Waals surface area contributed by atoms with Crippen molar-refractivity contribution in [1.29, 1.82) is 0 Å². The molecule has 188 valence electrons. The number of carbonyl (C=O) groups is 1. The number of carboxylic acid groups (broad SMARTS) is 1. The molecule has 0 radical (unpaired) electrons. The summed E-state index contributed by atoms with van der Waals surface area (Å²) in [5, 5.41) is 10.1. The van der Waals surface area contributed by atoms with Gasteiger partial charge in [-0.3, -0.25) is 4.79 Å². The predicted octanol–water partition coefficient (Wildman–Crippen LogP) is 6.23. The number of halogens is 2. The van der Waals surface area contributed by atoms with E-state index >= 15 is 0 Å². The van der Waals surface area contributed by atoms with Gasteiger partial charge in [-0.25, -0.2) is 0 Å². The van der Waals surface area contributed by atoms with E-state index in [4.69, 9.17) is 27.1 Å². The third kappa shape index (κ3) is 7.91. The van der Waals surface area contributed by atoms with Gasteiger partial charge in [-0.2, -0.15) is 4.89 Å². The van der Waals surface area contributed by atoms with Crippen LogP contribution in [-0.4, -0.2) is 42.2 Å². The second kappa shape index (κ2) is 14.2. The Bertz CT molecular complexity index is 754. The van der Waals surface area contributed by atoms with Crippen LogP contribution in [0.15, 0.2) is 6.07 Å². The van der Waals surface area contributed by atoms with E-state index in [0.717, 1.165) is 37.9 Å². The van der Waals surface area contributed by atoms with Gasteiger partial charge < -0.3 is 20.6 Å². The minimum atomic E-state index is -0.933. The van der Waals surface area contributed by atoms with Crippen LogP contribution in [0.2, 0.25) is 5.02 Å². The van der Waals surface area contributed by atoms with Crippen LogP contribution >= 0.6 is 24.0 Å². The third-order valence-electron chi connectivity index (χ3n) is 6.96. The fraction of sp³-hybridized carbons (Fsp3) is 0.720. The summed E-state index contributed by atoms with van der Waals surface area (Å²) in [4.78, 5) is 24.7. The fourth-order valence-electron chi connectivity index (χ4n) is 4.98. The molecular formula is C25H40Cl2N2O4. The molecule has 33 heavy (non-hydrogen) atoms. The summed E-state index contributed by atoms with van der Waals surface area (Å²) < 4.78 is 0. The zero-order chi connectivity index (χ0) is 22.9. The van der Waals surface area contributed by atoms with Gasteiger partial charge in [-0.05, 0) is 62.9 Å². The van der Waals surface area contributed by atoms with Crippen molar-refractivity contribution in [2.75, 3.05) is 32.0 Å². The van der Waals surface area contributed by atoms with E-state index in [9.17, 15) is 9.90 Å². The molecule has 3 rings (SSSR count). The molecule has 0 saturated carbocycles. The minimum Gasteiger partial charge on any atom is -0.481 e. The molecule has 0 aliphatic carbocycles. The Morgan fingerprint density at radius 2 is 1.79 bits per heavy atom. The van der Waals surface area contributed by atoms with E-state index < -0.39 is 11.9 Å². The van der Waals surface area contributed by atoms with Crippen LogP contribution < -0.4 is 10.6 Å². The van der Waals surface area contributed by atoms with Crippen molar-refractivity contribution in [3.8, 4) is 5.75 Å². The number of rotatable bonds is 12. The standard InChI is InChI=1S/C25H39ClN2O4.ClH/c1-2-3-4-5-6-7-8-9-12-28-13-10-18(11-14-28)15-19-16-21(26)23(27)24-22(19)20(25(29)30)17-31-32-24;/h16,18,20H,2-15,17,27H2,1H3,(H,29,30);1H. The number of likely N-dealkylation sites (tertiary alicyclic amines) is 1. The number of nitrogen functional groups attached to an aromatic ring is 1. The molecule has 1 unspecified atom stereocenters. The lowest BCUT2D eigenvalue weighted by atomic mass is 9.84. The maximum Gasteiger partial charge on any atom is 0.313 e. The molecule has 0 spiro atoms. The lowest BCUT2D eigenvalue weighted by Gasteiger charge is -2.33. The Morgan fingerprint density at radius 3 is 2.42 bits per heavy atom. The number of hydrogen-bond acceptors (Lipinski definition) is 5. The largest absolute Gasteiger partial charge is 0.481 e. The van der Waals surface area contributed by atoms with Crippen LogP contribution in [0.1, 0.15) is 88.2 Å². The molecule has 0 amide bonds. The number of hydrogen-bond donors (Lipinski definition) is 2. The van der Waals surface area contributed by atoms with Crippen molar-refractivity contribution in [1.82, 2.24) is 4.90 Å². The summed E-state index contributed by atoms with van der Waals surface area (Å²) in [6.07, 6.45) is 13.8. The summed E-state index contributed by atoms with van der Waals surface area (Å²) in [5.74, 6) is -0.933. The lowest BCUT2D eigenvalue weighted by molar-refractivity contribution is -0.222. The first-order chi connectivity index (χ1) is 15.5. The summed E-state index contributed by atoms with van der Waals surface area (Å²) in [6, 6.07) is 1.83. The number of fused-ring (bicyclic) bond motifs is 1. The number of anilines is 1. The van der Waals surface area contributed by atoms with Crippen LogP contribution in [0.5, 0.6) is 5.75 Å². The van der Waals surface area contributed by atoms with E-state index in [1.165, 1.54) is 57.9 Å². The van der Waals surface area contributed by atoms with Gasteiger partial charge in [0.1, 0.15) is 12.5 Å². The molecular weight excluding hydrogens is 463 g/mol. The van der Waals surface area contributed by atoms with Gasteiger partial charge >= 0.3 is 5.97 Å². The molecule has 0 aromatic heterocycles. The molecule has 6 nitrogen and oxygen atoms in total. The number of piperidine rings is 1. The van der Waals surface area contributed by atoms with Gasteiger partial charge in [0.05, 0.1) is 10.7 Å². The highest BCUT2D eigenvalue weighted by molar-refractivity contribution is 6.33. The SMILES string of the molecule is CCCCCCCCCCN1CCC(Cc2cc(Cl)c(N)c3c2C(C(=O)O)COO3)CC1.Cl. The number of nitrogens with zero attached hydrogens (tertiary/aromatic N) is 1. The number of unbranched alkanes of at least 4 members (excludes halogenated alkanes) is 7. The van der Waals surface area contributed by atoms with E-state index in [1.54, 1.807) is 0 Å². The van der Waals surface area contributed by atoms with Crippen molar-refractivity contribution < 1.29 is 19.7 Å². The van der Waals surface area contributed by atoms with Gasteiger partial charge in [0.15, 0.2) is 5.75 Å². The van der Waals surface area contributed by atoms with Gasteiger partial charge in [-0.1, -0.05) is 63.5 Å². The zero-order valence-electron chi connectivity index (χ0n) is 19.8. The fourth-order valence-corrected chi connectivity index (χ4v) is 5.20. The first-order valence-electron chi connectivity index (χ1n) is 12.4. The first-order valence-corrected chi connectivity index (χ1v) is 12.7. The van der Waals surface area contributed by atoms with Crippen LogP contribution in [0.3, 0.4) is 0 Å². The monoisotopic (exact) mass is 502 g/mol. The van der Waals surface area contributed by atoms with Crippen LogP contribution in [0.25, 0.3) is 0 Å². The van der Waals surface area contributed by atoms with Crippen LogP contribution in [-0.2, 0) is 16.1 Å². The molecule has 1 fully saturated rings. The average molecular weight is 504 g/mol. The minimum absolute atomic E-state index is 0. The van der Waals surface area contributed by atoms with E-state index in [1.807, 2.05) is 6.07 Å². The maximum absolute atomic E-state index is 11.8. The highest BCUT2D eigenvalue weighted by Gasteiger charge is 2.35. The average Bonchev–Trinajstić information content (AvgIpc) is 2.79. The number of carboxylic acids is 1. The molecule has 2 aliphatic rings. The van der Waals surface area contributed by atoms with Gasteiger partial charge in [-0.15, -0.1) is 12.4 Å². The summed E-state index contributed by atoms with van der Waals surface area (Å²) in [5.41, 5.74) is 7.85. The van der Waals surface area contributed by atoms with E-state index in [-0.39, 0.29) is 30.5 Å². The summed E-state index contributed by atoms with van der Waals surface area (Å²) in [7, 11) is 0. The molecule has 1 atom stereocenters. The van der Waals surface area contributed by atoms with Gasteiger partial charge in [0.25, 0.3) is 0 Å². The topological polar surface area (TPSA) is 85.0 Å². The van der Waals surface area contributed by atoms with Crippen molar-refractivity contribution in [2.45, 2.75) is 83.5 Å². The Balaban J connectivity index is 0.00000385. The van der Waals surface area contributed by atoms with Crippen molar-refractivity contribution >= 4 is 35.7 Å². The summed E-state index contributed by atoms with van der Waals surface area (Å²) in [6.45, 7) is 5.64. The Kier molecular flexibility index (Phi) is 12.1. The Hall–Kier alpha value is -1.21. The van der Waals surface area contributed by atoms with Crippen LogP contribution in [0, 0.1) is 5.92 Å². The van der Waals surface area contributed by atoms with Crippen molar-refractivity contribution in [3.63, 3.8) is 0 Å². The molecule has 3 N–H and O–H groups in total. The van der Waals surface area contributed by atoms with Crippen molar-refractivity contribution in [3.05, 3.63) is 22.2 Å². The molecule has 2 aliphatic heterocycles. The first kappa shape index (κ1) is 28.0. The van der Waals surface area contributed by atoms with Gasteiger partial charge in [0, 0.05) is 5.56 Å². The maximum atomic E-state index is 11.8. The highest BCUT2D eigenvalue weighted by Crippen LogP contribution is 2.44. The Labute approximate surface area is 209 Å². The zero-order valence-corrected chi connectivity index (χ0v) is 21.4. The molecule has 2 heterocycles. The summed E-state index contributed by atoms with van der Waals surface area (Å²) >= 11 is 6.32. The molecule has 0 bridgehead atoms. The third-order valence-corrected chi connectivity index (χ3v) is 7.27. The Morgan fingerprint density at radius 1 is 1.15 bits per heavy atom. The number of nitrogens with two attached hydrogens (primary N) is 1. The molecule has 1 aromatic rings. The van der Waals surface area contributed by atoms with E-state index in [0.29, 0.717) is 16.5 Å². The van der Waals surface area contributed by atoms with Crippen molar-refractivity contribution in [2.24, 2.45) is 5.92 Å². The lowest BCUT2D eigenvalue weighted by Crippen LogP contribution is -2.35. The number of aliphatic carboxylic acids is 1. The highest BCUT2D eigenvalue weighted by atomic mass is 35.5. The van der Waals surface area contributed by atoms with E-state index in [2.05, 4.69) is 11.8 Å². The molecule has 1 aromatic carbocycles. The second-order valence-electron chi connectivity index (χ2n) is 9.40. The second-order valence-corrected chi connectivity index (χ2v) is 9.80. The van der Waals surface area contributed by atoms with Crippen LogP contribution in [0.4, 0.5) is 5.69 Å². The molecule has 1 saturated heterocycles. The quantitative estimate of drug-likeness (QED) is 0.200. The number of benzene rings is 1. The normalized spacial score (nSPS) is 18.9. The predicted molar refractivity (Wildman–Crippen MR) is 136 cm³/mol.